The lowest BCUT2D eigenvalue weighted by Gasteiger charge is -2.06. The van der Waals surface area contributed by atoms with Gasteiger partial charge in [0.1, 0.15) is 17.7 Å². The van der Waals surface area contributed by atoms with Gasteiger partial charge >= 0.3 is 0 Å². The van der Waals surface area contributed by atoms with Gasteiger partial charge in [-0.3, -0.25) is 0 Å². The van der Waals surface area contributed by atoms with E-state index in [1.54, 1.807) is 24.3 Å². The van der Waals surface area contributed by atoms with Crippen molar-refractivity contribution >= 4 is 11.6 Å². The van der Waals surface area contributed by atoms with Gasteiger partial charge in [-0.15, -0.1) is 5.10 Å². The summed E-state index contributed by atoms with van der Waals surface area (Å²) in [6, 6.07) is 12.4. The number of anilines is 1. The van der Waals surface area contributed by atoms with Gasteiger partial charge in [-0.05, 0) is 29.3 Å². The standard InChI is InChI=1S/C20H15F2N7/c21-15-6-2-3-11(9-23)14(15)7-17-27-18-8-16(26-20(25)29(18)28-17)13-5-1-4-12(10-24)19(13)22/h1-6,8H,7,9,23H2,(H2,25,26). The molecule has 0 fully saturated rings. The number of halogens is 2. The Hall–Kier alpha value is -3.90. The third-order valence-electron chi connectivity index (χ3n) is 4.56. The number of hydrogen-bond donors (Lipinski definition) is 2. The van der Waals surface area contributed by atoms with Gasteiger partial charge in [0.05, 0.1) is 11.3 Å². The number of hydrogen-bond acceptors (Lipinski definition) is 6. The van der Waals surface area contributed by atoms with Crippen molar-refractivity contribution in [3.63, 3.8) is 0 Å². The van der Waals surface area contributed by atoms with Crippen molar-refractivity contribution in [3.05, 3.63) is 76.6 Å². The van der Waals surface area contributed by atoms with Crippen LogP contribution in [0, 0.1) is 23.0 Å². The Morgan fingerprint density at radius 3 is 2.66 bits per heavy atom. The molecule has 2 heterocycles. The highest BCUT2D eigenvalue weighted by Crippen LogP contribution is 2.25. The van der Waals surface area contributed by atoms with Crippen molar-refractivity contribution in [2.75, 3.05) is 5.73 Å². The van der Waals surface area contributed by atoms with E-state index >= 15 is 0 Å². The van der Waals surface area contributed by atoms with Gasteiger partial charge in [0.2, 0.25) is 5.95 Å². The first-order chi connectivity index (χ1) is 14.0. The second-order valence-electron chi connectivity index (χ2n) is 6.33. The maximum absolute atomic E-state index is 14.5. The van der Waals surface area contributed by atoms with Crippen molar-refractivity contribution in [1.29, 1.82) is 5.26 Å². The molecule has 0 atom stereocenters. The van der Waals surface area contributed by atoms with E-state index in [0.29, 0.717) is 22.6 Å². The average molecular weight is 391 g/mol. The first kappa shape index (κ1) is 18.5. The number of fused-ring (bicyclic) bond motifs is 1. The quantitative estimate of drug-likeness (QED) is 0.552. The minimum absolute atomic E-state index is 0.00871. The number of nitrogen functional groups attached to an aromatic ring is 1. The zero-order valence-corrected chi connectivity index (χ0v) is 15.1. The van der Waals surface area contributed by atoms with Crippen molar-refractivity contribution in [2.45, 2.75) is 13.0 Å². The van der Waals surface area contributed by atoms with Crippen LogP contribution >= 0.6 is 0 Å². The Labute approximate surface area is 164 Å². The summed E-state index contributed by atoms with van der Waals surface area (Å²) in [7, 11) is 0. The molecular weight excluding hydrogens is 376 g/mol. The SMILES string of the molecule is N#Cc1cccc(-c2cc3nc(Cc4c(F)cccc4CN)nn3c(N)n2)c1F. The summed E-state index contributed by atoms with van der Waals surface area (Å²) in [5, 5.41) is 13.3. The number of nitrogens with two attached hydrogens (primary N) is 2. The molecule has 4 aromatic rings. The molecule has 2 aromatic carbocycles. The molecule has 9 heteroatoms. The summed E-state index contributed by atoms with van der Waals surface area (Å²) in [6.07, 6.45) is 0.119. The van der Waals surface area contributed by atoms with Crippen molar-refractivity contribution < 1.29 is 8.78 Å². The summed E-state index contributed by atoms with van der Waals surface area (Å²) < 4.78 is 30.0. The van der Waals surface area contributed by atoms with Gasteiger partial charge in [-0.2, -0.15) is 9.78 Å². The normalized spacial score (nSPS) is 11.0. The predicted molar refractivity (Wildman–Crippen MR) is 102 cm³/mol. The molecule has 0 aliphatic heterocycles. The molecule has 4 rings (SSSR count). The minimum atomic E-state index is -0.690. The average Bonchev–Trinajstić information content (AvgIpc) is 3.13. The smallest absolute Gasteiger partial charge is 0.223 e. The molecule has 0 bridgehead atoms. The lowest BCUT2D eigenvalue weighted by molar-refractivity contribution is 0.608. The number of aromatic nitrogens is 4. The van der Waals surface area contributed by atoms with E-state index in [4.69, 9.17) is 16.7 Å². The maximum Gasteiger partial charge on any atom is 0.223 e. The summed E-state index contributed by atoms with van der Waals surface area (Å²) in [5.41, 5.74) is 13.3. The highest BCUT2D eigenvalue weighted by atomic mass is 19.1. The molecule has 0 aliphatic rings. The molecule has 0 aliphatic carbocycles. The molecule has 0 saturated heterocycles. The van der Waals surface area contributed by atoms with E-state index in [1.807, 2.05) is 0 Å². The zero-order chi connectivity index (χ0) is 20.5. The fraction of sp³-hybridized carbons (Fsp3) is 0.100. The van der Waals surface area contributed by atoms with Crippen LogP contribution in [0.4, 0.5) is 14.7 Å². The molecule has 0 saturated carbocycles. The van der Waals surface area contributed by atoms with Crippen LogP contribution in [0.15, 0.2) is 42.5 Å². The van der Waals surface area contributed by atoms with Crippen molar-refractivity contribution in [2.24, 2.45) is 5.73 Å². The summed E-state index contributed by atoms with van der Waals surface area (Å²) in [5.74, 6) is -0.772. The van der Waals surface area contributed by atoms with Crippen LogP contribution in [-0.2, 0) is 13.0 Å². The molecular formula is C20H15F2N7. The molecule has 0 unspecified atom stereocenters. The largest absolute Gasteiger partial charge is 0.368 e. The lowest BCUT2D eigenvalue weighted by atomic mass is 10.0. The van der Waals surface area contributed by atoms with Crippen molar-refractivity contribution in [3.8, 4) is 17.3 Å². The maximum atomic E-state index is 14.5. The fourth-order valence-corrected chi connectivity index (χ4v) is 3.14. The lowest BCUT2D eigenvalue weighted by Crippen LogP contribution is -2.06. The van der Waals surface area contributed by atoms with Crippen LogP contribution in [0.2, 0.25) is 0 Å². The van der Waals surface area contributed by atoms with Crippen LogP contribution in [0.5, 0.6) is 0 Å². The van der Waals surface area contributed by atoms with Gasteiger partial charge in [-0.25, -0.2) is 18.7 Å². The molecule has 2 aromatic heterocycles. The minimum Gasteiger partial charge on any atom is -0.368 e. The van der Waals surface area contributed by atoms with Crippen LogP contribution in [0.3, 0.4) is 0 Å². The first-order valence-corrected chi connectivity index (χ1v) is 8.69. The van der Waals surface area contributed by atoms with Crippen LogP contribution in [0.1, 0.15) is 22.5 Å². The molecule has 4 N–H and O–H groups in total. The van der Waals surface area contributed by atoms with Gasteiger partial charge in [-0.1, -0.05) is 18.2 Å². The van der Waals surface area contributed by atoms with Gasteiger partial charge in [0.15, 0.2) is 11.5 Å². The molecule has 0 amide bonds. The highest BCUT2D eigenvalue weighted by Gasteiger charge is 2.17. The fourth-order valence-electron chi connectivity index (χ4n) is 3.14. The third kappa shape index (κ3) is 3.26. The molecule has 29 heavy (non-hydrogen) atoms. The van der Waals surface area contributed by atoms with E-state index in [-0.39, 0.29) is 35.7 Å². The molecule has 0 spiro atoms. The predicted octanol–water partition coefficient (Wildman–Crippen LogP) is 2.57. The zero-order valence-electron chi connectivity index (χ0n) is 15.1. The number of nitriles is 1. The van der Waals surface area contributed by atoms with Gasteiger partial charge in [0, 0.05) is 24.6 Å². The molecule has 144 valence electrons. The number of nitrogens with zero attached hydrogens (tertiary/aromatic N) is 5. The Balaban J connectivity index is 1.79. The molecule has 0 radical (unpaired) electrons. The van der Waals surface area contributed by atoms with E-state index in [2.05, 4.69) is 15.1 Å². The summed E-state index contributed by atoms with van der Waals surface area (Å²) >= 11 is 0. The highest BCUT2D eigenvalue weighted by molar-refractivity contribution is 5.67. The van der Waals surface area contributed by atoms with E-state index in [0.717, 1.165) is 0 Å². The Morgan fingerprint density at radius 1 is 1.10 bits per heavy atom. The van der Waals surface area contributed by atoms with E-state index in [9.17, 15) is 8.78 Å². The summed E-state index contributed by atoms with van der Waals surface area (Å²) in [6.45, 7) is 0.183. The van der Waals surface area contributed by atoms with Crippen LogP contribution in [0.25, 0.3) is 16.9 Å². The Kier molecular flexibility index (Phi) is 4.62. The Morgan fingerprint density at radius 2 is 1.90 bits per heavy atom. The van der Waals surface area contributed by atoms with Crippen molar-refractivity contribution in [1.82, 2.24) is 19.6 Å². The monoisotopic (exact) mass is 391 g/mol. The number of rotatable bonds is 4. The molecule has 7 nitrogen and oxygen atoms in total. The summed E-state index contributed by atoms with van der Waals surface area (Å²) in [4.78, 5) is 8.55. The Bertz CT molecular complexity index is 1270. The van der Waals surface area contributed by atoms with Gasteiger partial charge in [0.25, 0.3) is 0 Å². The van der Waals surface area contributed by atoms with E-state index < -0.39 is 11.6 Å². The van der Waals surface area contributed by atoms with Crippen LogP contribution in [-0.4, -0.2) is 19.6 Å². The number of benzene rings is 2. The topological polar surface area (TPSA) is 119 Å². The second-order valence-corrected chi connectivity index (χ2v) is 6.33. The second kappa shape index (κ2) is 7.26. The van der Waals surface area contributed by atoms with E-state index in [1.165, 1.54) is 28.8 Å². The third-order valence-corrected chi connectivity index (χ3v) is 4.56. The van der Waals surface area contributed by atoms with Crippen LogP contribution < -0.4 is 11.5 Å². The van der Waals surface area contributed by atoms with Gasteiger partial charge < -0.3 is 11.5 Å². The first-order valence-electron chi connectivity index (χ1n) is 8.69.